The summed E-state index contributed by atoms with van der Waals surface area (Å²) in [6.07, 6.45) is 0.625. The maximum atomic E-state index is 12.8. The Morgan fingerprint density at radius 1 is 1.41 bits per heavy atom. The molecule has 0 bridgehead atoms. The van der Waals surface area contributed by atoms with Gasteiger partial charge >= 0.3 is 5.97 Å². The number of nitrogens with zero attached hydrogens (tertiary/aromatic N) is 1. The van der Waals surface area contributed by atoms with Crippen LogP contribution >= 0.6 is 11.3 Å². The fourth-order valence-corrected chi connectivity index (χ4v) is 2.47. The number of aromatic nitrogens is 1. The number of thiazole rings is 1. The van der Waals surface area contributed by atoms with E-state index in [9.17, 15) is 9.18 Å². The number of aromatic carboxylic acids is 1. The van der Waals surface area contributed by atoms with Gasteiger partial charge in [0.15, 0.2) is 5.69 Å². The number of carboxylic acids is 1. The third kappa shape index (κ3) is 2.34. The maximum absolute atomic E-state index is 12.8. The van der Waals surface area contributed by atoms with Gasteiger partial charge in [0.05, 0.1) is 0 Å². The lowest BCUT2D eigenvalue weighted by Gasteiger charge is -1.94. The van der Waals surface area contributed by atoms with Gasteiger partial charge in [0, 0.05) is 10.4 Å². The Kier molecular flexibility index (Phi) is 3.19. The molecule has 0 radical (unpaired) electrons. The Morgan fingerprint density at radius 3 is 2.53 bits per heavy atom. The van der Waals surface area contributed by atoms with E-state index in [1.807, 2.05) is 6.92 Å². The molecule has 0 spiro atoms. The van der Waals surface area contributed by atoms with Gasteiger partial charge in [-0.2, -0.15) is 0 Å². The number of carboxylic acid groups (broad SMARTS) is 1. The largest absolute Gasteiger partial charge is 0.476 e. The Balaban J connectivity index is 2.46. The van der Waals surface area contributed by atoms with Gasteiger partial charge in [-0.25, -0.2) is 14.2 Å². The number of halogens is 1. The predicted octanol–water partition coefficient (Wildman–Crippen LogP) is 3.21. The van der Waals surface area contributed by atoms with Crippen molar-refractivity contribution < 1.29 is 14.3 Å². The van der Waals surface area contributed by atoms with E-state index >= 15 is 0 Å². The molecule has 0 fully saturated rings. The highest BCUT2D eigenvalue weighted by molar-refractivity contribution is 7.15. The minimum Gasteiger partial charge on any atom is -0.476 e. The first-order valence-corrected chi connectivity index (χ1v) is 5.92. The zero-order chi connectivity index (χ0) is 12.4. The number of carbonyl (C=O) groups is 1. The first kappa shape index (κ1) is 11.7. The van der Waals surface area contributed by atoms with E-state index in [2.05, 4.69) is 4.98 Å². The molecule has 2 aromatic rings. The number of rotatable bonds is 3. The van der Waals surface area contributed by atoms with Crippen molar-refractivity contribution in [3.63, 3.8) is 0 Å². The molecule has 0 saturated carbocycles. The summed E-state index contributed by atoms with van der Waals surface area (Å²) < 4.78 is 12.8. The van der Waals surface area contributed by atoms with E-state index < -0.39 is 5.97 Å². The highest BCUT2D eigenvalue weighted by Gasteiger charge is 2.16. The Bertz CT molecular complexity index is 548. The van der Waals surface area contributed by atoms with Crippen molar-refractivity contribution in [3.8, 4) is 10.6 Å². The van der Waals surface area contributed by atoms with Crippen LogP contribution in [-0.2, 0) is 6.42 Å². The van der Waals surface area contributed by atoms with Crippen LogP contribution < -0.4 is 0 Å². The van der Waals surface area contributed by atoms with Crippen LogP contribution in [0.3, 0.4) is 0 Å². The molecule has 17 heavy (non-hydrogen) atoms. The van der Waals surface area contributed by atoms with Gasteiger partial charge in [0.25, 0.3) is 0 Å². The molecule has 3 nitrogen and oxygen atoms in total. The third-order valence-electron chi connectivity index (χ3n) is 2.31. The van der Waals surface area contributed by atoms with E-state index in [-0.39, 0.29) is 11.5 Å². The van der Waals surface area contributed by atoms with Gasteiger partial charge in [-0.1, -0.05) is 6.92 Å². The molecule has 5 heteroatoms. The van der Waals surface area contributed by atoms with Crippen LogP contribution in [0.2, 0.25) is 0 Å². The monoisotopic (exact) mass is 251 g/mol. The van der Waals surface area contributed by atoms with Crippen molar-refractivity contribution in [1.82, 2.24) is 4.98 Å². The van der Waals surface area contributed by atoms with Gasteiger partial charge in [0.1, 0.15) is 10.8 Å². The van der Waals surface area contributed by atoms with Gasteiger partial charge in [-0.3, -0.25) is 0 Å². The van der Waals surface area contributed by atoms with Crippen LogP contribution in [0.1, 0.15) is 22.3 Å². The zero-order valence-corrected chi connectivity index (χ0v) is 9.92. The van der Waals surface area contributed by atoms with Crippen LogP contribution in [0.25, 0.3) is 10.6 Å². The van der Waals surface area contributed by atoms with E-state index in [1.54, 1.807) is 12.1 Å². The summed E-state index contributed by atoms with van der Waals surface area (Å²) in [6, 6.07) is 5.87. The Hall–Kier alpha value is -1.75. The van der Waals surface area contributed by atoms with E-state index in [1.165, 1.54) is 23.5 Å². The SMILES string of the molecule is CCc1sc(-c2ccc(F)cc2)nc1C(=O)O. The second-order valence-electron chi connectivity index (χ2n) is 3.46. The summed E-state index contributed by atoms with van der Waals surface area (Å²) in [5, 5.41) is 9.60. The molecule has 0 aliphatic heterocycles. The molecule has 0 aliphatic carbocycles. The lowest BCUT2D eigenvalue weighted by Crippen LogP contribution is -1.99. The van der Waals surface area contributed by atoms with Crippen LogP contribution in [-0.4, -0.2) is 16.1 Å². The number of aryl methyl sites for hydroxylation is 1. The highest BCUT2D eigenvalue weighted by atomic mass is 32.1. The topological polar surface area (TPSA) is 50.2 Å². The van der Waals surface area contributed by atoms with E-state index in [0.29, 0.717) is 11.4 Å². The minimum absolute atomic E-state index is 0.0943. The third-order valence-corrected chi connectivity index (χ3v) is 3.56. The minimum atomic E-state index is -1.02. The average molecular weight is 251 g/mol. The number of hydrogen-bond acceptors (Lipinski definition) is 3. The van der Waals surface area contributed by atoms with Crippen LogP contribution in [0.4, 0.5) is 4.39 Å². The number of benzene rings is 1. The second kappa shape index (κ2) is 4.63. The molecule has 2 rings (SSSR count). The summed E-state index contributed by atoms with van der Waals surface area (Å²) in [7, 11) is 0. The summed E-state index contributed by atoms with van der Waals surface area (Å²) in [6.45, 7) is 1.88. The summed E-state index contributed by atoms with van der Waals surface area (Å²) in [5.41, 5.74) is 0.829. The standard InChI is InChI=1S/C12H10FNO2S/c1-2-9-10(12(15)16)14-11(17-9)7-3-5-8(13)6-4-7/h3-6H,2H2,1H3,(H,15,16). The molecular weight excluding hydrogens is 241 g/mol. The first-order chi connectivity index (χ1) is 8.11. The molecule has 0 aliphatic rings. The molecule has 88 valence electrons. The quantitative estimate of drug-likeness (QED) is 0.911. The van der Waals surface area contributed by atoms with Crippen molar-refractivity contribution in [3.05, 3.63) is 40.7 Å². The number of hydrogen-bond donors (Lipinski definition) is 1. The maximum Gasteiger partial charge on any atom is 0.355 e. The fourth-order valence-electron chi connectivity index (χ4n) is 1.47. The molecule has 1 aromatic heterocycles. The molecule has 0 amide bonds. The lowest BCUT2D eigenvalue weighted by molar-refractivity contribution is 0.0690. The van der Waals surface area contributed by atoms with E-state index in [0.717, 1.165) is 10.4 Å². The predicted molar refractivity (Wildman–Crippen MR) is 63.8 cm³/mol. The zero-order valence-electron chi connectivity index (χ0n) is 9.11. The van der Waals surface area contributed by atoms with Crippen molar-refractivity contribution in [2.75, 3.05) is 0 Å². The lowest BCUT2D eigenvalue weighted by atomic mass is 10.2. The van der Waals surface area contributed by atoms with Crippen molar-refractivity contribution in [2.24, 2.45) is 0 Å². The molecule has 0 atom stereocenters. The van der Waals surface area contributed by atoms with Crippen LogP contribution in [0.5, 0.6) is 0 Å². The molecular formula is C12H10FNO2S. The fraction of sp³-hybridized carbons (Fsp3) is 0.167. The van der Waals surface area contributed by atoms with Crippen molar-refractivity contribution in [1.29, 1.82) is 0 Å². The van der Waals surface area contributed by atoms with Gasteiger partial charge in [-0.05, 0) is 30.7 Å². The molecule has 0 saturated heterocycles. The Labute approximate surface area is 102 Å². The second-order valence-corrected chi connectivity index (χ2v) is 4.54. The van der Waals surface area contributed by atoms with E-state index in [4.69, 9.17) is 5.11 Å². The van der Waals surface area contributed by atoms with Gasteiger partial charge < -0.3 is 5.11 Å². The smallest absolute Gasteiger partial charge is 0.355 e. The van der Waals surface area contributed by atoms with Crippen LogP contribution in [0.15, 0.2) is 24.3 Å². The Morgan fingerprint density at radius 2 is 2.06 bits per heavy atom. The first-order valence-electron chi connectivity index (χ1n) is 5.10. The average Bonchev–Trinajstić information content (AvgIpc) is 2.74. The summed E-state index contributed by atoms with van der Waals surface area (Å²) in [4.78, 5) is 15.8. The highest BCUT2D eigenvalue weighted by Crippen LogP contribution is 2.28. The van der Waals surface area contributed by atoms with Crippen molar-refractivity contribution in [2.45, 2.75) is 13.3 Å². The summed E-state index contributed by atoms with van der Waals surface area (Å²) >= 11 is 1.33. The van der Waals surface area contributed by atoms with Crippen LogP contribution in [0, 0.1) is 5.82 Å². The van der Waals surface area contributed by atoms with Gasteiger partial charge in [0.2, 0.25) is 0 Å². The normalized spacial score (nSPS) is 10.5. The van der Waals surface area contributed by atoms with Crippen molar-refractivity contribution >= 4 is 17.3 Å². The molecule has 1 N–H and O–H groups in total. The molecule has 0 unspecified atom stereocenters. The van der Waals surface area contributed by atoms with Gasteiger partial charge in [-0.15, -0.1) is 11.3 Å². The molecule has 1 aromatic carbocycles. The summed E-state index contributed by atoms with van der Waals surface area (Å²) in [5.74, 6) is -1.34. The molecule has 1 heterocycles.